The van der Waals surface area contributed by atoms with Crippen LogP contribution in [0.5, 0.6) is 0 Å². The number of benzene rings is 1. The molecular formula is C13H12I2N2. The Bertz CT molecular complexity index is 593. The van der Waals surface area contributed by atoms with E-state index in [2.05, 4.69) is 51.2 Å². The Hall–Kier alpha value is -0.110. The quantitative estimate of drug-likeness (QED) is 0.484. The van der Waals surface area contributed by atoms with E-state index < -0.39 is 0 Å². The van der Waals surface area contributed by atoms with Crippen molar-refractivity contribution in [1.82, 2.24) is 4.98 Å². The van der Waals surface area contributed by atoms with Crippen LogP contribution < -0.4 is 5.73 Å². The van der Waals surface area contributed by atoms with Crippen LogP contribution in [0.2, 0.25) is 0 Å². The van der Waals surface area contributed by atoms with Crippen LogP contribution in [0.4, 0.5) is 5.69 Å². The van der Waals surface area contributed by atoms with Gasteiger partial charge in [0.05, 0.1) is 5.52 Å². The summed E-state index contributed by atoms with van der Waals surface area (Å²) in [5, 5.41) is 1.09. The van der Waals surface area contributed by atoms with Gasteiger partial charge in [-0.25, -0.2) is 0 Å². The van der Waals surface area contributed by atoms with E-state index in [0.717, 1.165) is 23.0 Å². The lowest BCUT2D eigenvalue weighted by atomic mass is 9.93. The van der Waals surface area contributed by atoms with Crippen molar-refractivity contribution in [3.05, 3.63) is 35.5 Å². The van der Waals surface area contributed by atoms with Crippen LogP contribution in [0, 0.1) is 0 Å². The second-order valence-corrected chi connectivity index (χ2v) is 10.2. The molecule has 2 N–H and O–H groups in total. The van der Waals surface area contributed by atoms with Crippen LogP contribution in [-0.4, -0.2) is 4.98 Å². The van der Waals surface area contributed by atoms with Crippen LogP contribution >= 0.6 is 45.2 Å². The van der Waals surface area contributed by atoms with Gasteiger partial charge in [-0.3, -0.25) is 4.98 Å². The molecule has 1 aromatic carbocycles. The maximum Gasteiger partial charge on any atom is 0.102 e. The fourth-order valence-corrected chi connectivity index (χ4v) is 4.45. The van der Waals surface area contributed by atoms with Crippen LogP contribution in [0.1, 0.15) is 24.1 Å². The van der Waals surface area contributed by atoms with Gasteiger partial charge >= 0.3 is 0 Å². The normalized spacial score (nSPS) is 18.0. The molecule has 2 nitrogen and oxygen atoms in total. The number of aryl methyl sites for hydroxylation is 1. The lowest BCUT2D eigenvalue weighted by molar-refractivity contribution is 0.662. The van der Waals surface area contributed by atoms with Gasteiger partial charge in [-0.2, -0.15) is 0 Å². The Morgan fingerprint density at radius 3 is 2.82 bits per heavy atom. The van der Waals surface area contributed by atoms with Crippen LogP contribution in [0.15, 0.2) is 24.3 Å². The SMILES string of the molecule is Nc1c2c(nc3ccccc13)CCCC2(I)I. The zero-order valence-electron chi connectivity index (χ0n) is 9.21. The number of nitrogens with zero attached hydrogens (tertiary/aromatic N) is 1. The molecule has 0 bridgehead atoms. The lowest BCUT2D eigenvalue weighted by Gasteiger charge is -2.30. The van der Waals surface area contributed by atoms with E-state index in [1.807, 2.05) is 18.2 Å². The lowest BCUT2D eigenvalue weighted by Crippen LogP contribution is -2.21. The van der Waals surface area contributed by atoms with Crippen LogP contribution in [0.25, 0.3) is 10.9 Å². The molecule has 17 heavy (non-hydrogen) atoms. The van der Waals surface area contributed by atoms with Gasteiger partial charge < -0.3 is 5.73 Å². The molecule has 4 heteroatoms. The summed E-state index contributed by atoms with van der Waals surface area (Å²) in [6.07, 6.45) is 3.42. The second-order valence-electron chi connectivity index (χ2n) is 4.42. The summed E-state index contributed by atoms with van der Waals surface area (Å²) in [7, 11) is 0. The molecule has 0 unspecified atom stereocenters. The minimum Gasteiger partial charge on any atom is -0.398 e. The summed E-state index contributed by atoms with van der Waals surface area (Å²) in [5.41, 5.74) is 10.8. The predicted molar refractivity (Wildman–Crippen MR) is 88.8 cm³/mol. The number of anilines is 1. The van der Waals surface area contributed by atoms with E-state index in [9.17, 15) is 0 Å². The summed E-state index contributed by atoms with van der Waals surface area (Å²) in [6, 6.07) is 8.15. The van der Waals surface area contributed by atoms with Gasteiger partial charge in [-0.1, -0.05) is 63.4 Å². The second kappa shape index (κ2) is 4.22. The van der Waals surface area contributed by atoms with E-state index in [0.29, 0.717) is 0 Å². The zero-order chi connectivity index (χ0) is 12.0. The first-order chi connectivity index (χ1) is 8.09. The number of hydrogen-bond acceptors (Lipinski definition) is 2. The summed E-state index contributed by atoms with van der Waals surface area (Å²) in [4.78, 5) is 4.78. The van der Waals surface area contributed by atoms with Gasteiger partial charge in [0.15, 0.2) is 0 Å². The molecule has 0 amide bonds. The van der Waals surface area contributed by atoms with Crippen molar-refractivity contribution in [1.29, 1.82) is 0 Å². The molecule has 2 aromatic rings. The maximum absolute atomic E-state index is 6.37. The summed E-state index contributed by atoms with van der Waals surface area (Å²) < 4.78 is 0.101. The van der Waals surface area contributed by atoms with Crippen molar-refractivity contribution in [2.75, 3.05) is 5.73 Å². The number of halogens is 2. The van der Waals surface area contributed by atoms with Crippen LogP contribution in [0.3, 0.4) is 0 Å². The van der Waals surface area contributed by atoms with E-state index in [1.54, 1.807) is 0 Å². The zero-order valence-corrected chi connectivity index (χ0v) is 13.5. The fraction of sp³-hybridized carbons (Fsp3) is 0.308. The number of nitrogens with two attached hydrogens (primary N) is 1. The first-order valence-electron chi connectivity index (χ1n) is 5.65. The topological polar surface area (TPSA) is 38.9 Å². The molecule has 1 heterocycles. The van der Waals surface area contributed by atoms with Gasteiger partial charge in [-0.05, 0) is 25.3 Å². The molecule has 1 aliphatic carbocycles. The van der Waals surface area contributed by atoms with Gasteiger partial charge in [0.1, 0.15) is 1.43 Å². The number of alkyl halides is 2. The molecule has 3 rings (SSSR count). The van der Waals surface area contributed by atoms with Crippen LogP contribution in [-0.2, 0) is 7.85 Å². The number of rotatable bonds is 0. The number of hydrogen-bond donors (Lipinski definition) is 1. The van der Waals surface area contributed by atoms with Crippen molar-refractivity contribution >= 4 is 61.8 Å². The molecule has 0 radical (unpaired) electrons. The Morgan fingerprint density at radius 2 is 2.00 bits per heavy atom. The number of nitrogen functional groups attached to an aromatic ring is 1. The standard InChI is InChI=1S/C13H12I2N2/c14-13(15)7-3-6-10-11(13)12(16)8-4-1-2-5-9(8)17-10/h1-2,4-5H,3,6-7H2,(H2,16,17). The van der Waals surface area contributed by atoms with Crippen molar-refractivity contribution in [3.8, 4) is 0 Å². The maximum atomic E-state index is 6.37. The van der Waals surface area contributed by atoms with E-state index in [1.165, 1.54) is 24.1 Å². The largest absolute Gasteiger partial charge is 0.398 e. The van der Waals surface area contributed by atoms with Gasteiger partial charge in [0, 0.05) is 22.3 Å². The van der Waals surface area contributed by atoms with E-state index >= 15 is 0 Å². The highest BCUT2D eigenvalue weighted by Gasteiger charge is 2.34. The molecule has 0 atom stereocenters. The Kier molecular flexibility index (Phi) is 2.97. The summed E-state index contributed by atoms with van der Waals surface area (Å²) >= 11 is 5.01. The van der Waals surface area contributed by atoms with Crippen molar-refractivity contribution in [2.45, 2.75) is 20.7 Å². The molecule has 0 saturated heterocycles. The molecular weight excluding hydrogens is 438 g/mol. The highest BCUT2D eigenvalue weighted by Crippen LogP contribution is 2.51. The minimum atomic E-state index is 0.101. The highest BCUT2D eigenvalue weighted by atomic mass is 127. The molecule has 1 aromatic heterocycles. The number of aromatic nitrogens is 1. The van der Waals surface area contributed by atoms with Crippen molar-refractivity contribution in [2.24, 2.45) is 0 Å². The minimum absolute atomic E-state index is 0.101. The molecule has 88 valence electrons. The average Bonchev–Trinajstić information content (AvgIpc) is 2.28. The predicted octanol–water partition coefficient (Wildman–Crippen LogP) is 4.18. The number of fused-ring (bicyclic) bond motifs is 2. The number of pyridine rings is 1. The van der Waals surface area contributed by atoms with Crippen molar-refractivity contribution < 1.29 is 0 Å². The summed E-state index contributed by atoms with van der Waals surface area (Å²) in [6.45, 7) is 0. The van der Waals surface area contributed by atoms with E-state index in [-0.39, 0.29) is 1.43 Å². The third-order valence-electron chi connectivity index (χ3n) is 3.28. The third-order valence-corrected chi connectivity index (χ3v) is 5.44. The molecule has 0 saturated carbocycles. The highest BCUT2D eigenvalue weighted by molar-refractivity contribution is 14.2. The van der Waals surface area contributed by atoms with Crippen molar-refractivity contribution in [3.63, 3.8) is 0 Å². The van der Waals surface area contributed by atoms with E-state index in [4.69, 9.17) is 10.7 Å². The fourth-order valence-electron chi connectivity index (χ4n) is 2.48. The molecule has 1 aliphatic rings. The number of para-hydroxylation sites is 1. The van der Waals surface area contributed by atoms with Gasteiger partial charge in [0.2, 0.25) is 0 Å². The smallest absolute Gasteiger partial charge is 0.102 e. The molecule has 0 spiro atoms. The summed E-state index contributed by atoms with van der Waals surface area (Å²) in [5.74, 6) is 0. The molecule has 0 aliphatic heterocycles. The third kappa shape index (κ3) is 1.93. The van der Waals surface area contributed by atoms with Gasteiger partial charge in [-0.15, -0.1) is 0 Å². The Morgan fingerprint density at radius 1 is 1.24 bits per heavy atom. The Balaban J connectivity index is 2.39. The first kappa shape index (κ1) is 12.0. The monoisotopic (exact) mass is 450 g/mol. The molecule has 0 fully saturated rings. The van der Waals surface area contributed by atoms with Gasteiger partial charge in [0.25, 0.3) is 0 Å². The average molecular weight is 450 g/mol. The first-order valence-corrected chi connectivity index (χ1v) is 7.81. The Labute approximate surface area is 128 Å².